The lowest BCUT2D eigenvalue weighted by atomic mass is 10.1. The van der Waals surface area contributed by atoms with Crippen molar-refractivity contribution in [2.75, 3.05) is 0 Å². The number of phenolic OH excluding ortho intramolecular Hbond substituents is 1. The molecule has 3 N–H and O–H groups in total. The number of azo groups is 1. The van der Waals surface area contributed by atoms with Gasteiger partial charge in [-0.05, 0) is 42.6 Å². The number of benzene rings is 3. The first-order valence-electron chi connectivity index (χ1n) is 9.81. The Kier molecular flexibility index (Phi) is 5.84. The van der Waals surface area contributed by atoms with Gasteiger partial charge in [0.05, 0.1) is 16.3 Å². The third kappa shape index (κ3) is 4.35. The summed E-state index contributed by atoms with van der Waals surface area (Å²) in [4.78, 5) is 11.2. The lowest BCUT2D eigenvalue weighted by Crippen LogP contribution is -2.19. The molecular formula is C21H18N4O8S2. The van der Waals surface area contributed by atoms with E-state index < -0.39 is 46.7 Å². The average Bonchev–Trinajstić information content (AvgIpc) is 3.00. The van der Waals surface area contributed by atoms with Crippen molar-refractivity contribution in [2.24, 2.45) is 17.3 Å². The van der Waals surface area contributed by atoms with Crippen LogP contribution in [0.2, 0.25) is 0 Å². The van der Waals surface area contributed by atoms with Crippen LogP contribution in [0.3, 0.4) is 0 Å². The van der Waals surface area contributed by atoms with Gasteiger partial charge in [0.25, 0.3) is 25.8 Å². The standard InChI is InChI=1S/C21H18N4O8S2/c1-12-19(21(27)25(24(12)2)14-6-4-3-5-7-14)23-22-16-9-8-13-10-15(34(28,29)30)11-17(35(31,32)33)18(13)20(16)26/h3-11,26H,1-2H3,(H,28,29,30)(H,31,32,33). The number of para-hydroxylation sites is 1. The molecule has 0 aliphatic rings. The topological polar surface area (TPSA) is 181 Å². The van der Waals surface area contributed by atoms with E-state index in [0.29, 0.717) is 17.4 Å². The van der Waals surface area contributed by atoms with Crippen molar-refractivity contribution < 1.29 is 31.0 Å². The zero-order valence-corrected chi connectivity index (χ0v) is 19.8. The van der Waals surface area contributed by atoms with Crippen molar-refractivity contribution in [3.8, 4) is 11.4 Å². The van der Waals surface area contributed by atoms with E-state index in [2.05, 4.69) is 10.2 Å². The normalized spacial score (nSPS) is 12.6. The predicted molar refractivity (Wildman–Crippen MR) is 125 cm³/mol. The first kappa shape index (κ1) is 24.3. The minimum Gasteiger partial charge on any atom is -0.505 e. The monoisotopic (exact) mass is 518 g/mol. The lowest BCUT2D eigenvalue weighted by molar-refractivity contribution is 0.473. The fourth-order valence-corrected chi connectivity index (χ4v) is 4.94. The van der Waals surface area contributed by atoms with E-state index in [1.807, 2.05) is 0 Å². The summed E-state index contributed by atoms with van der Waals surface area (Å²) in [6.45, 7) is 1.64. The van der Waals surface area contributed by atoms with Crippen molar-refractivity contribution in [1.29, 1.82) is 0 Å². The van der Waals surface area contributed by atoms with Gasteiger partial charge in [-0.15, -0.1) is 10.2 Å². The van der Waals surface area contributed by atoms with Crippen LogP contribution in [0.5, 0.6) is 5.75 Å². The number of hydrogen-bond acceptors (Lipinski definition) is 8. The number of fused-ring (bicyclic) bond motifs is 1. The average molecular weight is 519 g/mol. The molecule has 4 rings (SSSR count). The third-order valence-electron chi connectivity index (χ3n) is 5.36. The van der Waals surface area contributed by atoms with E-state index in [0.717, 1.165) is 6.07 Å². The van der Waals surface area contributed by atoms with Crippen LogP contribution in [0.1, 0.15) is 5.69 Å². The highest BCUT2D eigenvalue weighted by Gasteiger charge is 2.24. The van der Waals surface area contributed by atoms with Crippen molar-refractivity contribution >= 4 is 42.4 Å². The van der Waals surface area contributed by atoms with Crippen LogP contribution >= 0.6 is 0 Å². The molecule has 0 spiro atoms. The Morgan fingerprint density at radius 1 is 0.886 bits per heavy atom. The molecule has 35 heavy (non-hydrogen) atoms. The van der Waals surface area contributed by atoms with Gasteiger partial charge in [-0.3, -0.25) is 18.6 Å². The molecular weight excluding hydrogens is 500 g/mol. The number of rotatable bonds is 5. The Balaban J connectivity index is 1.90. The summed E-state index contributed by atoms with van der Waals surface area (Å²) in [6, 6.07) is 12.6. The Hall–Kier alpha value is -3.85. The highest BCUT2D eigenvalue weighted by atomic mass is 32.2. The second-order valence-corrected chi connectivity index (χ2v) is 10.3. The number of nitrogens with zero attached hydrogens (tertiary/aromatic N) is 4. The molecule has 0 saturated heterocycles. The SMILES string of the molecule is Cc1c(N=Nc2ccc3cc(S(=O)(=O)O)cc(S(=O)(=O)O)c3c2O)c(=O)n(-c2ccccc2)n1C. The van der Waals surface area contributed by atoms with Gasteiger partial charge in [-0.1, -0.05) is 24.3 Å². The molecule has 4 aromatic rings. The molecule has 12 nitrogen and oxygen atoms in total. The minimum absolute atomic E-state index is 0.0347. The quantitative estimate of drug-likeness (QED) is 0.266. The van der Waals surface area contributed by atoms with Crippen LogP contribution < -0.4 is 5.56 Å². The summed E-state index contributed by atoms with van der Waals surface area (Å²) < 4.78 is 68.7. The highest BCUT2D eigenvalue weighted by Crippen LogP contribution is 2.40. The highest BCUT2D eigenvalue weighted by molar-refractivity contribution is 7.86. The molecule has 182 valence electrons. The molecule has 0 aliphatic heterocycles. The van der Waals surface area contributed by atoms with Gasteiger partial charge in [-0.25, -0.2) is 4.68 Å². The molecule has 0 saturated carbocycles. The van der Waals surface area contributed by atoms with E-state index in [1.165, 1.54) is 16.8 Å². The molecule has 3 aromatic carbocycles. The molecule has 0 unspecified atom stereocenters. The Labute approximate surface area is 198 Å². The Morgan fingerprint density at radius 2 is 1.54 bits per heavy atom. The molecule has 0 bridgehead atoms. The lowest BCUT2D eigenvalue weighted by Gasteiger charge is -2.10. The molecule has 1 aromatic heterocycles. The Bertz CT molecular complexity index is 1790. The first-order chi connectivity index (χ1) is 16.3. The van der Waals surface area contributed by atoms with E-state index in [-0.39, 0.29) is 16.8 Å². The molecule has 0 amide bonds. The van der Waals surface area contributed by atoms with Gasteiger partial charge in [0.1, 0.15) is 10.6 Å². The van der Waals surface area contributed by atoms with Crippen molar-refractivity contribution in [2.45, 2.75) is 16.7 Å². The van der Waals surface area contributed by atoms with Gasteiger partial charge in [0.15, 0.2) is 11.4 Å². The van der Waals surface area contributed by atoms with Crippen molar-refractivity contribution in [3.05, 3.63) is 70.6 Å². The zero-order chi connectivity index (χ0) is 25.7. The molecule has 0 radical (unpaired) electrons. The second-order valence-electron chi connectivity index (χ2n) is 7.51. The zero-order valence-electron chi connectivity index (χ0n) is 18.2. The summed E-state index contributed by atoms with van der Waals surface area (Å²) in [7, 11) is -8.19. The Morgan fingerprint density at radius 3 is 2.14 bits per heavy atom. The predicted octanol–water partition coefficient (Wildman–Crippen LogP) is 3.25. The van der Waals surface area contributed by atoms with Crippen LogP contribution in [0.15, 0.2) is 79.4 Å². The van der Waals surface area contributed by atoms with Crippen molar-refractivity contribution in [3.63, 3.8) is 0 Å². The van der Waals surface area contributed by atoms with Gasteiger partial charge in [0.2, 0.25) is 0 Å². The summed E-state index contributed by atoms with van der Waals surface area (Å²) in [5.74, 6) is -0.738. The van der Waals surface area contributed by atoms with Crippen LogP contribution in [0.25, 0.3) is 16.5 Å². The molecule has 0 atom stereocenters. The van der Waals surface area contributed by atoms with Crippen LogP contribution in [-0.2, 0) is 27.3 Å². The summed E-state index contributed by atoms with van der Waals surface area (Å²) in [5, 5.41) is 18.0. The number of hydrogen-bond donors (Lipinski definition) is 3. The van der Waals surface area contributed by atoms with Crippen LogP contribution in [0, 0.1) is 6.92 Å². The third-order valence-corrected chi connectivity index (χ3v) is 7.07. The maximum atomic E-state index is 13.0. The van der Waals surface area contributed by atoms with Gasteiger partial charge < -0.3 is 5.11 Å². The molecule has 0 aliphatic carbocycles. The van der Waals surface area contributed by atoms with Gasteiger partial charge in [0, 0.05) is 12.4 Å². The van der Waals surface area contributed by atoms with Crippen LogP contribution in [0.4, 0.5) is 11.4 Å². The van der Waals surface area contributed by atoms with Gasteiger partial charge >= 0.3 is 0 Å². The number of phenols is 1. The summed E-state index contributed by atoms with van der Waals surface area (Å²) in [5.41, 5.74) is 0.269. The molecule has 1 heterocycles. The first-order valence-corrected chi connectivity index (χ1v) is 12.7. The maximum absolute atomic E-state index is 13.0. The minimum atomic E-state index is -5.03. The van der Waals surface area contributed by atoms with E-state index in [1.54, 1.807) is 49.0 Å². The fraction of sp³-hybridized carbons (Fsp3) is 0.0952. The number of aromatic nitrogens is 2. The van der Waals surface area contributed by atoms with Crippen molar-refractivity contribution in [1.82, 2.24) is 9.36 Å². The second kappa shape index (κ2) is 8.42. The van der Waals surface area contributed by atoms with Crippen LogP contribution in [-0.4, -0.2) is 40.4 Å². The maximum Gasteiger partial charge on any atom is 0.299 e. The summed E-state index contributed by atoms with van der Waals surface area (Å²) >= 11 is 0. The smallest absolute Gasteiger partial charge is 0.299 e. The van der Waals surface area contributed by atoms with Gasteiger partial charge in [-0.2, -0.15) is 16.8 Å². The van der Waals surface area contributed by atoms with E-state index in [4.69, 9.17) is 0 Å². The number of aromatic hydroxyl groups is 1. The molecule has 0 fully saturated rings. The summed E-state index contributed by atoms with van der Waals surface area (Å²) in [6.07, 6.45) is 0. The molecule has 14 heteroatoms. The van der Waals surface area contributed by atoms with E-state index >= 15 is 0 Å². The van der Waals surface area contributed by atoms with E-state index in [9.17, 15) is 35.8 Å². The fourth-order valence-electron chi connectivity index (χ4n) is 3.58. The largest absolute Gasteiger partial charge is 0.505 e.